The molecule has 0 spiro atoms. The summed E-state index contributed by atoms with van der Waals surface area (Å²) in [6.07, 6.45) is 0.486. The van der Waals surface area contributed by atoms with E-state index in [1.165, 1.54) is 0 Å². The average Bonchev–Trinajstić information content (AvgIpc) is 2.89. The van der Waals surface area contributed by atoms with Crippen LogP contribution in [-0.2, 0) is 17.8 Å². The topological polar surface area (TPSA) is 81.2 Å². The molecule has 0 fully saturated rings. The Morgan fingerprint density at radius 2 is 2.14 bits per heavy atom. The first-order valence-corrected chi connectivity index (χ1v) is 7.00. The first-order chi connectivity index (χ1) is 10.1. The van der Waals surface area contributed by atoms with Crippen LogP contribution < -0.4 is 11.1 Å². The standard InChI is InChI=1S/C15H17N3O2S/c1-10-7-12(18-20-10)9-17-15(19)13(14(16)21)8-11-5-3-2-4-6-11/h2-7,13H,8-9H2,1H3,(H2,16,21)(H,17,19). The van der Waals surface area contributed by atoms with Gasteiger partial charge in [-0.2, -0.15) is 0 Å². The monoisotopic (exact) mass is 303 g/mol. The molecule has 3 N–H and O–H groups in total. The molecule has 1 aromatic carbocycles. The summed E-state index contributed by atoms with van der Waals surface area (Å²) in [5.41, 5.74) is 7.38. The zero-order chi connectivity index (χ0) is 15.2. The Bertz CT molecular complexity index is 625. The highest BCUT2D eigenvalue weighted by molar-refractivity contribution is 7.80. The minimum absolute atomic E-state index is 0.188. The second kappa shape index (κ2) is 6.99. The summed E-state index contributed by atoms with van der Waals surface area (Å²) in [7, 11) is 0. The maximum atomic E-state index is 12.2. The summed E-state index contributed by atoms with van der Waals surface area (Å²) in [4.78, 5) is 12.4. The number of aryl methyl sites for hydroxylation is 1. The Balaban J connectivity index is 1.97. The number of nitrogens with zero attached hydrogens (tertiary/aromatic N) is 1. The van der Waals surface area contributed by atoms with Crippen LogP contribution in [0.5, 0.6) is 0 Å². The Morgan fingerprint density at radius 3 is 2.71 bits per heavy atom. The van der Waals surface area contributed by atoms with Gasteiger partial charge in [0, 0.05) is 6.07 Å². The van der Waals surface area contributed by atoms with Crippen molar-refractivity contribution >= 4 is 23.1 Å². The molecule has 0 radical (unpaired) electrons. The highest BCUT2D eigenvalue weighted by Gasteiger charge is 2.21. The number of rotatable bonds is 6. The number of nitrogens with one attached hydrogen (secondary N) is 1. The predicted molar refractivity (Wildman–Crippen MR) is 83.5 cm³/mol. The normalized spacial score (nSPS) is 11.9. The Labute approximate surface area is 128 Å². The smallest absolute Gasteiger partial charge is 0.230 e. The number of nitrogens with two attached hydrogens (primary N) is 1. The number of hydrogen-bond acceptors (Lipinski definition) is 4. The molecule has 0 aliphatic carbocycles. The zero-order valence-corrected chi connectivity index (χ0v) is 12.5. The van der Waals surface area contributed by atoms with Crippen LogP contribution in [0.25, 0.3) is 0 Å². The second-order valence-corrected chi connectivity index (χ2v) is 5.26. The van der Waals surface area contributed by atoms with Crippen molar-refractivity contribution in [3.05, 3.63) is 53.4 Å². The molecule has 5 nitrogen and oxygen atoms in total. The van der Waals surface area contributed by atoms with E-state index in [-0.39, 0.29) is 10.9 Å². The van der Waals surface area contributed by atoms with Crippen molar-refractivity contribution in [2.24, 2.45) is 11.7 Å². The van der Waals surface area contributed by atoms with Gasteiger partial charge in [0.25, 0.3) is 0 Å². The molecular formula is C15H17N3O2S. The van der Waals surface area contributed by atoms with E-state index in [1.807, 2.05) is 30.3 Å². The van der Waals surface area contributed by atoms with Gasteiger partial charge in [-0.25, -0.2) is 0 Å². The van der Waals surface area contributed by atoms with Gasteiger partial charge in [-0.3, -0.25) is 4.79 Å². The Hall–Kier alpha value is -2.21. The molecule has 0 saturated carbocycles. The summed E-state index contributed by atoms with van der Waals surface area (Å²) in [5.74, 6) is -0.0307. The van der Waals surface area contributed by atoms with Crippen molar-refractivity contribution in [1.29, 1.82) is 0 Å². The van der Waals surface area contributed by atoms with Gasteiger partial charge in [0.1, 0.15) is 11.5 Å². The average molecular weight is 303 g/mol. The largest absolute Gasteiger partial charge is 0.393 e. The zero-order valence-electron chi connectivity index (χ0n) is 11.7. The number of carbonyl (C=O) groups is 1. The summed E-state index contributed by atoms with van der Waals surface area (Å²) >= 11 is 5.01. The minimum atomic E-state index is -0.532. The van der Waals surface area contributed by atoms with E-state index >= 15 is 0 Å². The first-order valence-electron chi connectivity index (χ1n) is 6.59. The van der Waals surface area contributed by atoms with E-state index in [9.17, 15) is 4.79 Å². The summed E-state index contributed by atoms with van der Waals surface area (Å²) in [6, 6.07) is 11.4. The van der Waals surface area contributed by atoms with Gasteiger partial charge in [0.05, 0.1) is 17.5 Å². The van der Waals surface area contributed by atoms with E-state index in [1.54, 1.807) is 13.0 Å². The fourth-order valence-electron chi connectivity index (χ4n) is 1.97. The molecule has 0 bridgehead atoms. The molecule has 2 aromatic rings. The Morgan fingerprint density at radius 1 is 1.43 bits per heavy atom. The van der Waals surface area contributed by atoms with Crippen LogP contribution in [-0.4, -0.2) is 16.1 Å². The number of aromatic nitrogens is 1. The molecule has 2 rings (SSSR count). The van der Waals surface area contributed by atoms with Crippen molar-refractivity contribution < 1.29 is 9.32 Å². The van der Waals surface area contributed by atoms with Crippen molar-refractivity contribution in [2.45, 2.75) is 19.9 Å². The molecule has 1 atom stereocenters. The third-order valence-corrected chi connectivity index (χ3v) is 3.35. The number of carbonyl (C=O) groups excluding carboxylic acids is 1. The van der Waals surface area contributed by atoms with Gasteiger partial charge < -0.3 is 15.6 Å². The minimum Gasteiger partial charge on any atom is -0.393 e. The van der Waals surface area contributed by atoms with Gasteiger partial charge in [-0.1, -0.05) is 47.7 Å². The van der Waals surface area contributed by atoms with Crippen LogP contribution in [0, 0.1) is 12.8 Å². The third kappa shape index (κ3) is 4.39. The molecule has 0 saturated heterocycles. The van der Waals surface area contributed by atoms with Crippen molar-refractivity contribution in [3.8, 4) is 0 Å². The van der Waals surface area contributed by atoms with Crippen LogP contribution in [0.15, 0.2) is 40.9 Å². The lowest BCUT2D eigenvalue weighted by molar-refractivity contribution is -0.123. The fraction of sp³-hybridized carbons (Fsp3) is 0.267. The Kier molecular flexibility index (Phi) is 5.05. The fourth-order valence-corrected chi connectivity index (χ4v) is 2.16. The lowest BCUT2D eigenvalue weighted by atomic mass is 9.98. The van der Waals surface area contributed by atoms with Crippen LogP contribution in [0.4, 0.5) is 0 Å². The second-order valence-electron chi connectivity index (χ2n) is 4.79. The summed E-state index contributed by atoms with van der Waals surface area (Å²) < 4.78 is 4.95. The van der Waals surface area contributed by atoms with Crippen LogP contribution in [0.3, 0.4) is 0 Å². The molecule has 1 aromatic heterocycles. The van der Waals surface area contributed by atoms with E-state index in [4.69, 9.17) is 22.5 Å². The van der Waals surface area contributed by atoms with E-state index in [2.05, 4.69) is 10.5 Å². The highest BCUT2D eigenvalue weighted by Crippen LogP contribution is 2.10. The van der Waals surface area contributed by atoms with Crippen LogP contribution in [0.1, 0.15) is 17.0 Å². The van der Waals surface area contributed by atoms with Gasteiger partial charge in [0.2, 0.25) is 5.91 Å². The number of hydrogen-bond donors (Lipinski definition) is 2. The van der Waals surface area contributed by atoms with Crippen molar-refractivity contribution in [1.82, 2.24) is 10.5 Å². The third-order valence-electron chi connectivity index (χ3n) is 3.06. The molecule has 1 unspecified atom stereocenters. The van der Waals surface area contributed by atoms with Crippen molar-refractivity contribution in [2.75, 3.05) is 0 Å². The van der Waals surface area contributed by atoms with E-state index < -0.39 is 5.92 Å². The van der Waals surface area contributed by atoms with E-state index in [0.717, 1.165) is 5.56 Å². The molecule has 0 aliphatic heterocycles. The summed E-state index contributed by atoms with van der Waals surface area (Å²) in [6.45, 7) is 2.09. The van der Waals surface area contributed by atoms with Gasteiger partial charge in [-0.15, -0.1) is 0 Å². The molecule has 110 valence electrons. The predicted octanol–water partition coefficient (Wildman–Crippen LogP) is 1.74. The van der Waals surface area contributed by atoms with Crippen molar-refractivity contribution in [3.63, 3.8) is 0 Å². The molecule has 21 heavy (non-hydrogen) atoms. The first kappa shape index (κ1) is 15.2. The quantitative estimate of drug-likeness (QED) is 0.795. The van der Waals surface area contributed by atoms with E-state index in [0.29, 0.717) is 24.4 Å². The van der Waals surface area contributed by atoms with Crippen LogP contribution in [0.2, 0.25) is 0 Å². The number of amides is 1. The molecule has 1 amide bonds. The lowest BCUT2D eigenvalue weighted by Gasteiger charge is -2.15. The molecule has 0 aliphatic rings. The maximum Gasteiger partial charge on any atom is 0.230 e. The lowest BCUT2D eigenvalue weighted by Crippen LogP contribution is -2.38. The number of thiocarbonyl (C=S) groups is 1. The van der Waals surface area contributed by atoms with Gasteiger partial charge in [0.15, 0.2) is 0 Å². The van der Waals surface area contributed by atoms with Gasteiger partial charge in [-0.05, 0) is 18.9 Å². The summed E-state index contributed by atoms with van der Waals surface area (Å²) in [5, 5.41) is 6.61. The number of benzene rings is 1. The van der Waals surface area contributed by atoms with Gasteiger partial charge >= 0.3 is 0 Å². The highest BCUT2D eigenvalue weighted by atomic mass is 32.1. The van der Waals surface area contributed by atoms with Crippen LogP contribution >= 0.6 is 12.2 Å². The molecule has 6 heteroatoms. The molecule has 1 heterocycles. The maximum absolute atomic E-state index is 12.2. The molecular weight excluding hydrogens is 286 g/mol. The SMILES string of the molecule is Cc1cc(CNC(=O)C(Cc2ccccc2)C(N)=S)no1.